The van der Waals surface area contributed by atoms with Crippen LogP contribution in [0.5, 0.6) is 0 Å². The second-order valence-corrected chi connectivity index (χ2v) is 10.9. The number of hydrogen-bond acceptors (Lipinski definition) is 4. The number of nitrogens with one attached hydrogen (secondary N) is 1. The summed E-state index contributed by atoms with van der Waals surface area (Å²) < 4.78 is 0. The Morgan fingerprint density at radius 3 is 2.67 bits per heavy atom. The zero-order chi connectivity index (χ0) is 24.0. The second kappa shape index (κ2) is 11.8. The molecule has 1 fully saturated rings. The van der Waals surface area contributed by atoms with Crippen LogP contribution < -0.4 is 5.32 Å². The molecule has 0 aliphatic carbocycles. The minimum atomic E-state index is -0.107. The lowest BCUT2D eigenvalue weighted by molar-refractivity contribution is -0.137. The molecule has 1 aliphatic rings. The molecule has 2 amide bonds. The number of likely N-dealkylation sites (tertiary alicyclic amines) is 1. The van der Waals surface area contributed by atoms with E-state index in [2.05, 4.69) is 61.1 Å². The molecule has 6 heteroatoms. The molecular weight excluding hydrogens is 430 g/mol. The first-order valence-electron chi connectivity index (χ1n) is 12.4. The Morgan fingerprint density at radius 1 is 1.27 bits per heavy atom. The minimum Gasteiger partial charge on any atom is -0.342 e. The van der Waals surface area contributed by atoms with Crippen molar-refractivity contribution in [3.8, 4) is 10.4 Å². The first-order chi connectivity index (χ1) is 15.8. The number of benzene rings is 1. The van der Waals surface area contributed by atoms with E-state index < -0.39 is 0 Å². The number of aromatic nitrogens is 1. The predicted molar refractivity (Wildman–Crippen MR) is 137 cm³/mol. The Labute approximate surface area is 203 Å². The molecule has 0 saturated carbocycles. The van der Waals surface area contributed by atoms with E-state index in [9.17, 15) is 9.59 Å². The van der Waals surface area contributed by atoms with Crippen LogP contribution in [0.4, 0.5) is 5.13 Å². The largest absolute Gasteiger partial charge is 0.342 e. The van der Waals surface area contributed by atoms with E-state index in [4.69, 9.17) is 0 Å². The van der Waals surface area contributed by atoms with Crippen molar-refractivity contribution in [1.82, 2.24) is 9.88 Å². The summed E-state index contributed by atoms with van der Waals surface area (Å²) in [6, 6.07) is 6.54. The zero-order valence-electron chi connectivity index (χ0n) is 20.8. The summed E-state index contributed by atoms with van der Waals surface area (Å²) in [4.78, 5) is 32.0. The van der Waals surface area contributed by atoms with Gasteiger partial charge in [0, 0.05) is 32.1 Å². The van der Waals surface area contributed by atoms with Crippen molar-refractivity contribution in [1.29, 1.82) is 0 Å². The Balaban J connectivity index is 1.67. The molecule has 1 N–H and O–H groups in total. The maximum absolute atomic E-state index is 13.3. The summed E-state index contributed by atoms with van der Waals surface area (Å²) >= 11 is 1.49. The summed E-state index contributed by atoms with van der Waals surface area (Å²) in [7, 11) is 0. The van der Waals surface area contributed by atoms with Crippen LogP contribution in [0, 0.1) is 24.7 Å². The first kappa shape index (κ1) is 25.4. The third kappa shape index (κ3) is 7.13. The third-order valence-corrected chi connectivity index (χ3v) is 7.72. The molecule has 0 spiro atoms. The molecule has 2 unspecified atom stereocenters. The normalized spacial score (nSPS) is 16.5. The van der Waals surface area contributed by atoms with Crippen LogP contribution in [0.1, 0.15) is 70.9 Å². The number of thiazole rings is 1. The lowest BCUT2D eigenvalue weighted by atomic mass is 9.85. The highest BCUT2D eigenvalue weighted by molar-refractivity contribution is 7.19. The lowest BCUT2D eigenvalue weighted by Gasteiger charge is -2.34. The van der Waals surface area contributed by atoms with Gasteiger partial charge in [0.1, 0.15) is 0 Å². The molecular formula is C27H39N3O2S. The van der Waals surface area contributed by atoms with Crippen LogP contribution in [0.3, 0.4) is 0 Å². The summed E-state index contributed by atoms with van der Waals surface area (Å²) in [5, 5.41) is 3.39. The average molecular weight is 470 g/mol. The molecule has 180 valence electrons. The quantitative estimate of drug-likeness (QED) is 0.467. The van der Waals surface area contributed by atoms with E-state index in [1.54, 1.807) is 0 Å². The Bertz CT molecular complexity index is 947. The van der Waals surface area contributed by atoms with Gasteiger partial charge in [0.05, 0.1) is 4.88 Å². The topological polar surface area (TPSA) is 62.3 Å². The maximum atomic E-state index is 13.3. The number of nitrogens with zero attached hydrogens (tertiary/aromatic N) is 2. The van der Waals surface area contributed by atoms with Gasteiger partial charge >= 0.3 is 0 Å². The van der Waals surface area contributed by atoms with Crippen LogP contribution >= 0.6 is 11.3 Å². The second-order valence-electron chi connectivity index (χ2n) is 9.89. The molecule has 1 aromatic carbocycles. The molecule has 33 heavy (non-hydrogen) atoms. The van der Waals surface area contributed by atoms with Gasteiger partial charge < -0.3 is 10.2 Å². The monoisotopic (exact) mass is 469 g/mol. The number of hydrogen-bond donors (Lipinski definition) is 1. The van der Waals surface area contributed by atoms with Crippen molar-refractivity contribution in [2.45, 2.75) is 73.1 Å². The van der Waals surface area contributed by atoms with E-state index in [1.165, 1.54) is 29.4 Å². The number of anilines is 1. The lowest BCUT2D eigenvalue weighted by Crippen LogP contribution is -2.41. The van der Waals surface area contributed by atoms with Crippen molar-refractivity contribution in [2.24, 2.45) is 17.8 Å². The fourth-order valence-corrected chi connectivity index (χ4v) is 5.64. The number of rotatable bonds is 9. The van der Waals surface area contributed by atoms with Crippen molar-refractivity contribution >= 4 is 28.3 Å². The molecule has 3 rings (SSSR count). The fourth-order valence-electron chi connectivity index (χ4n) is 4.78. The highest BCUT2D eigenvalue weighted by atomic mass is 32.1. The smallest absolute Gasteiger partial charge is 0.225 e. The molecule has 2 atom stereocenters. The molecule has 5 nitrogen and oxygen atoms in total. The molecule has 0 bridgehead atoms. The fraction of sp³-hybridized carbons (Fsp3) is 0.593. The minimum absolute atomic E-state index is 0.107. The molecule has 1 aromatic heterocycles. The molecule has 2 aromatic rings. The van der Waals surface area contributed by atoms with Crippen LogP contribution in [0.2, 0.25) is 0 Å². The number of piperidine rings is 1. The predicted octanol–water partition coefficient (Wildman–Crippen LogP) is 6.32. The number of amides is 2. The van der Waals surface area contributed by atoms with E-state index >= 15 is 0 Å². The average Bonchev–Trinajstić information content (AvgIpc) is 3.22. The molecule has 2 heterocycles. The van der Waals surface area contributed by atoms with Crippen molar-refractivity contribution in [3.05, 3.63) is 35.5 Å². The van der Waals surface area contributed by atoms with Gasteiger partial charge in [-0.1, -0.05) is 56.7 Å². The van der Waals surface area contributed by atoms with Gasteiger partial charge in [-0.05, 0) is 67.6 Å². The molecule has 0 radical (unpaired) electrons. The molecule has 1 aliphatic heterocycles. The summed E-state index contributed by atoms with van der Waals surface area (Å²) in [5.41, 5.74) is 3.73. The van der Waals surface area contributed by atoms with Gasteiger partial charge in [-0.2, -0.15) is 0 Å². The van der Waals surface area contributed by atoms with Crippen LogP contribution in [0.25, 0.3) is 10.4 Å². The summed E-state index contributed by atoms with van der Waals surface area (Å²) in [6.07, 6.45) is 8.01. The molecule has 1 saturated heterocycles. The highest BCUT2D eigenvalue weighted by Crippen LogP contribution is 2.32. The van der Waals surface area contributed by atoms with Gasteiger partial charge in [0.2, 0.25) is 11.8 Å². The van der Waals surface area contributed by atoms with E-state index in [0.717, 1.165) is 68.0 Å². The van der Waals surface area contributed by atoms with E-state index in [1.807, 2.05) is 6.20 Å². The van der Waals surface area contributed by atoms with E-state index in [-0.39, 0.29) is 11.8 Å². The van der Waals surface area contributed by atoms with Crippen molar-refractivity contribution in [3.63, 3.8) is 0 Å². The van der Waals surface area contributed by atoms with Gasteiger partial charge in [-0.15, -0.1) is 0 Å². The Kier molecular flexibility index (Phi) is 9.07. The van der Waals surface area contributed by atoms with Crippen molar-refractivity contribution < 1.29 is 9.59 Å². The maximum Gasteiger partial charge on any atom is 0.225 e. The van der Waals surface area contributed by atoms with Crippen molar-refractivity contribution in [2.75, 3.05) is 18.4 Å². The Hall–Kier alpha value is -2.21. The number of carbonyl (C=O) groups is 2. The summed E-state index contributed by atoms with van der Waals surface area (Å²) in [6.45, 7) is 12.2. The highest BCUT2D eigenvalue weighted by Gasteiger charge is 2.28. The number of aryl methyl sites for hydroxylation is 1. The van der Waals surface area contributed by atoms with Gasteiger partial charge in [0.25, 0.3) is 0 Å². The first-order valence-corrected chi connectivity index (χ1v) is 13.2. The van der Waals surface area contributed by atoms with Crippen LogP contribution in [-0.4, -0.2) is 34.8 Å². The zero-order valence-corrected chi connectivity index (χ0v) is 21.6. The van der Waals surface area contributed by atoms with Crippen LogP contribution in [0.15, 0.2) is 24.4 Å². The Morgan fingerprint density at radius 2 is 2.00 bits per heavy atom. The van der Waals surface area contributed by atoms with Gasteiger partial charge in [-0.3, -0.25) is 9.59 Å². The number of carbonyl (C=O) groups excluding carboxylic acids is 2. The van der Waals surface area contributed by atoms with Gasteiger partial charge in [-0.25, -0.2) is 4.98 Å². The van der Waals surface area contributed by atoms with E-state index in [0.29, 0.717) is 17.0 Å². The van der Waals surface area contributed by atoms with Gasteiger partial charge in [0.15, 0.2) is 5.13 Å². The summed E-state index contributed by atoms with van der Waals surface area (Å²) in [5.74, 6) is 1.56. The van der Waals surface area contributed by atoms with Crippen LogP contribution in [-0.2, 0) is 16.0 Å². The standard InChI is InChI=1S/C27H39N3O2S/c1-6-7-23(26(32)30-12-10-18(2)11-13-30)14-19(3)15-24-16-22(9-8-20(24)4)25-17-28-27(33-25)29-21(5)31/h8-9,16-19,23H,6-7,10-15H2,1-5H3,(H,28,29,31). The third-order valence-electron chi connectivity index (χ3n) is 6.76. The SMILES string of the molecule is CCCC(CC(C)Cc1cc(-c2cnc(NC(C)=O)s2)ccc1C)C(=O)N1CCC(C)CC1.